The van der Waals surface area contributed by atoms with Crippen LogP contribution in [0.15, 0.2) is 30.9 Å². The van der Waals surface area contributed by atoms with Gasteiger partial charge in [0, 0.05) is 12.0 Å². The second kappa shape index (κ2) is 8.20. The zero-order valence-electron chi connectivity index (χ0n) is 11.9. The minimum Gasteiger partial charge on any atom is -0.504 e. The molecule has 108 valence electrons. The van der Waals surface area contributed by atoms with E-state index in [0.29, 0.717) is 24.0 Å². The van der Waals surface area contributed by atoms with E-state index in [1.807, 2.05) is 0 Å². The Kier molecular flexibility index (Phi) is 6.57. The lowest BCUT2D eigenvalue weighted by Crippen LogP contribution is -1.92. The van der Waals surface area contributed by atoms with E-state index in [-0.39, 0.29) is 17.3 Å². The van der Waals surface area contributed by atoms with Gasteiger partial charge in [-0.15, -0.1) is 6.58 Å². The molecule has 0 aliphatic rings. The quantitative estimate of drug-likeness (QED) is 0.326. The maximum atomic E-state index is 11.6. The van der Waals surface area contributed by atoms with Gasteiger partial charge in [0.05, 0.1) is 0 Å². The Hall–Kier alpha value is -2.03. The summed E-state index contributed by atoms with van der Waals surface area (Å²) in [5.74, 6) is -0.227. The Morgan fingerprint density at radius 1 is 1.30 bits per heavy atom. The number of phenols is 2. The largest absolute Gasteiger partial charge is 0.504 e. The van der Waals surface area contributed by atoms with Crippen molar-refractivity contribution in [2.24, 2.45) is 0 Å². The van der Waals surface area contributed by atoms with Crippen molar-refractivity contribution in [3.05, 3.63) is 42.0 Å². The molecule has 3 heteroatoms. The highest BCUT2D eigenvalue weighted by Gasteiger charge is 2.07. The summed E-state index contributed by atoms with van der Waals surface area (Å²) in [4.78, 5) is 11.6. The van der Waals surface area contributed by atoms with Crippen molar-refractivity contribution in [2.75, 3.05) is 0 Å². The molecule has 0 bridgehead atoms. The molecule has 0 aromatic heterocycles. The highest BCUT2D eigenvalue weighted by Crippen LogP contribution is 2.31. The molecule has 0 aliphatic heterocycles. The highest BCUT2D eigenvalue weighted by atomic mass is 16.3. The molecule has 3 nitrogen and oxygen atoms in total. The van der Waals surface area contributed by atoms with E-state index < -0.39 is 0 Å². The van der Waals surface area contributed by atoms with Gasteiger partial charge in [-0.2, -0.15) is 0 Å². The summed E-state index contributed by atoms with van der Waals surface area (Å²) < 4.78 is 0. The van der Waals surface area contributed by atoms with Crippen LogP contribution in [0.3, 0.4) is 0 Å². The van der Waals surface area contributed by atoms with Crippen LogP contribution in [0.4, 0.5) is 0 Å². The summed E-state index contributed by atoms with van der Waals surface area (Å²) in [6.45, 7) is 5.71. The van der Waals surface area contributed by atoms with Crippen LogP contribution in [0.5, 0.6) is 11.5 Å². The van der Waals surface area contributed by atoms with E-state index in [9.17, 15) is 15.0 Å². The standard InChI is InChI=1S/C17H22O3/c1-3-5-6-8-15(18)10-9-13-11-14(7-4-2)17(20)16(19)12-13/h4,9-12,19-20H,2-3,5-8H2,1H3. The van der Waals surface area contributed by atoms with Crippen molar-refractivity contribution in [1.29, 1.82) is 0 Å². The van der Waals surface area contributed by atoms with Gasteiger partial charge in [0.25, 0.3) is 0 Å². The summed E-state index contributed by atoms with van der Waals surface area (Å²) in [5, 5.41) is 19.3. The van der Waals surface area contributed by atoms with Gasteiger partial charge in [0.2, 0.25) is 0 Å². The molecule has 0 atom stereocenters. The summed E-state index contributed by atoms with van der Waals surface area (Å²) in [6.07, 6.45) is 8.91. The molecule has 0 saturated carbocycles. The Bertz CT molecular complexity index is 501. The van der Waals surface area contributed by atoms with Crippen molar-refractivity contribution in [3.63, 3.8) is 0 Å². The lowest BCUT2D eigenvalue weighted by molar-refractivity contribution is -0.114. The summed E-state index contributed by atoms with van der Waals surface area (Å²) >= 11 is 0. The van der Waals surface area contributed by atoms with Gasteiger partial charge in [-0.1, -0.05) is 31.9 Å². The second-order valence-corrected chi connectivity index (χ2v) is 4.80. The molecule has 20 heavy (non-hydrogen) atoms. The van der Waals surface area contributed by atoms with Crippen LogP contribution < -0.4 is 0 Å². The molecule has 1 aromatic rings. The molecule has 1 rings (SSSR count). The Morgan fingerprint density at radius 3 is 2.70 bits per heavy atom. The molecule has 1 aromatic carbocycles. The van der Waals surface area contributed by atoms with Crippen molar-refractivity contribution < 1.29 is 15.0 Å². The van der Waals surface area contributed by atoms with Crippen LogP contribution in [-0.4, -0.2) is 16.0 Å². The van der Waals surface area contributed by atoms with Crippen molar-refractivity contribution in [2.45, 2.75) is 39.0 Å². The van der Waals surface area contributed by atoms with Crippen LogP contribution in [0.2, 0.25) is 0 Å². The lowest BCUT2D eigenvalue weighted by Gasteiger charge is -2.06. The third-order valence-corrected chi connectivity index (χ3v) is 3.04. The van der Waals surface area contributed by atoms with Crippen LogP contribution in [0.1, 0.15) is 43.7 Å². The molecule has 0 radical (unpaired) electrons. The zero-order chi connectivity index (χ0) is 15.0. The first-order valence-corrected chi connectivity index (χ1v) is 6.95. The minimum absolute atomic E-state index is 0.0799. The summed E-state index contributed by atoms with van der Waals surface area (Å²) in [5.41, 5.74) is 1.29. The average molecular weight is 274 g/mol. The van der Waals surface area contributed by atoms with Crippen molar-refractivity contribution in [1.82, 2.24) is 0 Å². The van der Waals surface area contributed by atoms with E-state index in [1.54, 1.807) is 18.2 Å². The molecular weight excluding hydrogens is 252 g/mol. The molecule has 0 spiro atoms. The summed E-state index contributed by atoms with van der Waals surface area (Å²) in [7, 11) is 0. The molecule has 2 N–H and O–H groups in total. The van der Waals surface area contributed by atoms with E-state index in [1.165, 1.54) is 12.1 Å². The number of ketones is 1. The van der Waals surface area contributed by atoms with E-state index in [0.717, 1.165) is 19.3 Å². The number of unbranched alkanes of at least 4 members (excludes halogenated alkanes) is 2. The van der Waals surface area contributed by atoms with Gasteiger partial charge in [0.15, 0.2) is 17.3 Å². The SMILES string of the molecule is C=CCc1cc(C=CC(=O)CCCCC)cc(O)c1O. The number of hydrogen-bond donors (Lipinski definition) is 2. The lowest BCUT2D eigenvalue weighted by atomic mass is 10.0. The first kappa shape index (κ1) is 16.0. The minimum atomic E-state index is -0.178. The highest BCUT2D eigenvalue weighted by molar-refractivity contribution is 5.93. The molecule has 0 amide bonds. The molecule has 0 saturated heterocycles. The zero-order valence-corrected chi connectivity index (χ0v) is 11.9. The number of rotatable bonds is 8. The van der Waals surface area contributed by atoms with Gasteiger partial charge in [0.1, 0.15) is 0 Å². The van der Waals surface area contributed by atoms with Gasteiger partial charge >= 0.3 is 0 Å². The molecule has 0 heterocycles. The molecular formula is C17H22O3. The van der Waals surface area contributed by atoms with Crippen LogP contribution in [-0.2, 0) is 11.2 Å². The van der Waals surface area contributed by atoms with Crippen molar-refractivity contribution in [3.8, 4) is 11.5 Å². The number of carbonyl (C=O) groups is 1. The number of allylic oxidation sites excluding steroid dienone is 2. The fourth-order valence-electron chi connectivity index (χ4n) is 1.93. The summed E-state index contributed by atoms with van der Waals surface area (Å²) in [6, 6.07) is 3.18. The van der Waals surface area contributed by atoms with Crippen LogP contribution in [0.25, 0.3) is 6.08 Å². The molecule has 0 unspecified atom stereocenters. The Morgan fingerprint density at radius 2 is 2.05 bits per heavy atom. The Labute approximate surface area is 120 Å². The number of benzene rings is 1. The molecule has 0 fully saturated rings. The predicted octanol–water partition coefficient (Wildman–Crippen LogP) is 3.99. The monoisotopic (exact) mass is 274 g/mol. The predicted molar refractivity (Wildman–Crippen MR) is 81.9 cm³/mol. The fraction of sp³-hybridized carbons (Fsp3) is 0.353. The number of aromatic hydroxyl groups is 2. The maximum Gasteiger partial charge on any atom is 0.161 e. The average Bonchev–Trinajstić information content (AvgIpc) is 2.42. The number of carbonyl (C=O) groups excluding carboxylic acids is 1. The third kappa shape index (κ3) is 4.92. The number of phenolic OH excluding ortho intramolecular Hbond substituents is 2. The third-order valence-electron chi connectivity index (χ3n) is 3.04. The smallest absolute Gasteiger partial charge is 0.161 e. The van der Waals surface area contributed by atoms with E-state index in [4.69, 9.17) is 0 Å². The fourth-order valence-corrected chi connectivity index (χ4v) is 1.93. The first-order chi connectivity index (χ1) is 9.58. The van der Waals surface area contributed by atoms with Crippen molar-refractivity contribution >= 4 is 11.9 Å². The number of hydrogen-bond acceptors (Lipinski definition) is 3. The topological polar surface area (TPSA) is 57.5 Å². The molecule has 0 aliphatic carbocycles. The van der Waals surface area contributed by atoms with Gasteiger partial charge in [-0.05, 0) is 36.6 Å². The second-order valence-electron chi connectivity index (χ2n) is 4.80. The van der Waals surface area contributed by atoms with E-state index in [2.05, 4.69) is 13.5 Å². The van der Waals surface area contributed by atoms with Gasteiger partial charge in [-0.3, -0.25) is 4.79 Å². The normalized spacial score (nSPS) is 10.8. The van der Waals surface area contributed by atoms with E-state index >= 15 is 0 Å². The maximum absolute atomic E-state index is 11.6. The van der Waals surface area contributed by atoms with Gasteiger partial charge in [-0.25, -0.2) is 0 Å². The Balaban J connectivity index is 2.76. The van der Waals surface area contributed by atoms with Crippen LogP contribution >= 0.6 is 0 Å². The van der Waals surface area contributed by atoms with Crippen LogP contribution in [0, 0.1) is 0 Å². The van der Waals surface area contributed by atoms with Gasteiger partial charge < -0.3 is 10.2 Å². The first-order valence-electron chi connectivity index (χ1n) is 6.95.